The van der Waals surface area contributed by atoms with Crippen LogP contribution in [0.2, 0.25) is 0 Å². The minimum atomic E-state index is -0.878. The fourth-order valence-electron chi connectivity index (χ4n) is 6.62. The molecule has 0 saturated carbocycles. The number of Topliss-reactive ketones (excluding diaryl/α,β-unsaturated/α-hetero) is 1. The van der Waals surface area contributed by atoms with E-state index in [1.807, 2.05) is 6.08 Å². The summed E-state index contributed by atoms with van der Waals surface area (Å²) >= 11 is 0. The number of amides is 2. The SMILES string of the molecule is COc1ccc(C2C3=CCC4C(=O)N(CCCCCC(=O)O)C(=O)C4C3CC3=C2C(=O)C(C)=CC3=O)c(O)c1. The van der Waals surface area contributed by atoms with Crippen molar-refractivity contribution in [3.63, 3.8) is 0 Å². The first-order valence-electron chi connectivity index (χ1n) is 13.3. The van der Waals surface area contributed by atoms with Crippen molar-refractivity contribution in [1.82, 2.24) is 4.90 Å². The Bertz CT molecular complexity index is 1380. The van der Waals surface area contributed by atoms with Gasteiger partial charge in [-0.3, -0.25) is 28.9 Å². The number of allylic oxidation sites excluding steroid dienone is 6. The summed E-state index contributed by atoms with van der Waals surface area (Å²) in [5, 5.41) is 19.8. The van der Waals surface area contributed by atoms with Crippen LogP contribution in [0.25, 0.3) is 0 Å². The standard InChI is InChI=1S/C30H31NO8/c1-15-12-22(32)21-14-20-17(25(27(21)28(15)36)18-8-7-16(39-2)13-23(18)33)9-10-19-26(20)30(38)31(29(19)37)11-5-3-4-6-24(34)35/h7-9,12-13,19-20,25-26,33H,3-6,10-11,14H2,1-2H3,(H,34,35). The van der Waals surface area contributed by atoms with Gasteiger partial charge in [-0.1, -0.05) is 24.1 Å². The molecule has 0 aromatic heterocycles. The van der Waals surface area contributed by atoms with Gasteiger partial charge in [-0.25, -0.2) is 0 Å². The Balaban J connectivity index is 1.51. The molecule has 39 heavy (non-hydrogen) atoms. The van der Waals surface area contributed by atoms with Crippen molar-refractivity contribution < 1.29 is 38.9 Å². The third-order valence-corrected chi connectivity index (χ3v) is 8.48. The highest BCUT2D eigenvalue weighted by molar-refractivity contribution is 6.24. The van der Waals surface area contributed by atoms with E-state index < -0.39 is 29.6 Å². The van der Waals surface area contributed by atoms with E-state index in [1.54, 1.807) is 19.1 Å². The van der Waals surface area contributed by atoms with Crippen LogP contribution in [0.15, 0.2) is 52.6 Å². The van der Waals surface area contributed by atoms with Crippen LogP contribution < -0.4 is 4.74 Å². The Kier molecular flexibility index (Phi) is 7.01. The number of hydrogen-bond acceptors (Lipinski definition) is 7. The van der Waals surface area contributed by atoms with Crippen molar-refractivity contribution in [2.24, 2.45) is 17.8 Å². The minimum Gasteiger partial charge on any atom is -0.507 e. The number of carbonyl (C=O) groups excluding carboxylic acids is 4. The number of rotatable bonds is 8. The molecule has 3 aliphatic carbocycles. The number of carbonyl (C=O) groups is 5. The second kappa shape index (κ2) is 10.3. The van der Waals surface area contributed by atoms with E-state index in [2.05, 4.69) is 0 Å². The molecule has 9 nitrogen and oxygen atoms in total. The molecule has 0 radical (unpaired) electrons. The molecule has 1 aromatic carbocycles. The molecule has 5 rings (SSSR count). The molecule has 4 unspecified atom stereocenters. The van der Waals surface area contributed by atoms with Gasteiger partial charge in [0.05, 0.1) is 18.9 Å². The highest BCUT2D eigenvalue weighted by Gasteiger charge is 2.56. The summed E-state index contributed by atoms with van der Waals surface area (Å²) in [6, 6.07) is 4.81. The molecule has 4 atom stereocenters. The molecule has 1 aromatic rings. The molecule has 1 fully saturated rings. The first-order valence-corrected chi connectivity index (χ1v) is 13.3. The number of phenols is 1. The van der Waals surface area contributed by atoms with Gasteiger partial charge in [0.25, 0.3) is 0 Å². The fourth-order valence-corrected chi connectivity index (χ4v) is 6.62. The van der Waals surface area contributed by atoms with Crippen molar-refractivity contribution in [3.05, 3.63) is 58.2 Å². The van der Waals surface area contributed by atoms with Crippen molar-refractivity contribution in [2.75, 3.05) is 13.7 Å². The van der Waals surface area contributed by atoms with Crippen LogP contribution >= 0.6 is 0 Å². The summed E-state index contributed by atoms with van der Waals surface area (Å²) in [7, 11) is 1.48. The van der Waals surface area contributed by atoms with Crippen molar-refractivity contribution in [1.29, 1.82) is 0 Å². The highest BCUT2D eigenvalue weighted by Crippen LogP contribution is 2.56. The van der Waals surface area contributed by atoms with Gasteiger partial charge >= 0.3 is 5.97 Å². The van der Waals surface area contributed by atoms with Crippen molar-refractivity contribution in [2.45, 2.75) is 51.4 Å². The molecule has 2 amide bonds. The number of hydrogen-bond donors (Lipinski definition) is 2. The quantitative estimate of drug-likeness (QED) is 0.224. The van der Waals surface area contributed by atoms with Gasteiger partial charge < -0.3 is 14.9 Å². The molecule has 9 heteroatoms. The molecule has 4 aliphatic rings. The number of nitrogens with zero attached hydrogens (tertiary/aromatic N) is 1. The number of phenolic OH excluding ortho intramolecular Hbond substituents is 1. The predicted molar refractivity (Wildman–Crippen MR) is 139 cm³/mol. The molecule has 1 aliphatic heterocycles. The summed E-state index contributed by atoms with van der Waals surface area (Å²) in [6.07, 6.45) is 5.36. The zero-order chi connectivity index (χ0) is 28.0. The number of fused-ring (bicyclic) bond motifs is 3. The average Bonchev–Trinajstić information content (AvgIpc) is 3.15. The molecular formula is C30H31NO8. The second-order valence-corrected chi connectivity index (χ2v) is 10.7. The number of ketones is 2. The molecule has 0 spiro atoms. The van der Waals surface area contributed by atoms with Gasteiger partial charge in [0.1, 0.15) is 11.5 Å². The van der Waals surface area contributed by atoms with Crippen LogP contribution in [-0.4, -0.2) is 58.1 Å². The van der Waals surface area contributed by atoms with Gasteiger partial charge in [0.2, 0.25) is 11.8 Å². The van der Waals surface area contributed by atoms with Crippen LogP contribution in [0.4, 0.5) is 0 Å². The van der Waals surface area contributed by atoms with E-state index in [4.69, 9.17) is 9.84 Å². The Morgan fingerprint density at radius 3 is 2.54 bits per heavy atom. The number of imide groups is 1. The number of carboxylic acids is 1. The number of aromatic hydroxyl groups is 1. The second-order valence-electron chi connectivity index (χ2n) is 10.7. The highest BCUT2D eigenvalue weighted by atomic mass is 16.5. The Labute approximate surface area is 225 Å². The van der Waals surface area contributed by atoms with E-state index in [-0.39, 0.29) is 48.5 Å². The van der Waals surface area contributed by atoms with Crippen LogP contribution in [0.1, 0.15) is 56.9 Å². The number of unbranched alkanes of at least 4 members (excludes halogenated alkanes) is 2. The molecule has 204 valence electrons. The lowest BCUT2D eigenvalue weighted by Crippen LogP contribution is -2.40. The van der Waals surface area contributed by atoms with Gasteiger partial charge in [0.15, 0.2) is 11.6 Å². The first-order chi connectivity index (χ1) is 18.6. The van der Waals surface area contributed by atoms with Crippen LogP contribution in [-0.2, 0) is 24.0 Å². The Morgan fingerprint density at radius 1 is 1.08 bits per heavy atom. The van der Waals surface area contributed by atoms with E-state index in [1.165, 1.54) is 24.2 Å². The number of ether oxygens (including phenoxy) is 1. The first kappa shape index (κ1) is 26.6. The number of likely N-dealkylation sites (tertiary alicyclic amines) is 1. The van der Waals surface area contributed by atoms with Crippen molar-refractivity contribution in [3.8, 4) is 11.5 Å². The maximum Gasteiger partial charge on any atom is 0.303 e. The molecule has 1 heterocycles. The van der Waals surface area contributed by atoms with E-state index >= 15 is 0 Å². The number of methoxy groups -OCH3 is 1. The Hall–Kier alpha value is -4.01. The lowest BCUT2D eigenvalue weighted by molar-refractivity contribution is -0.141. The normalized spacial score (nSPS) is 26.2. The number of carboxylic acid groups (broad SMARTS) is 1. The monoisotopic (exact) mass is 533 g/mol. The van der Waals surface area contributed by atoms with Gasteiger partial charge in [0, 0.05) is 47.2 Å². The minimum absolute atomic E-state index is 0.0419. The topological polar surface area (TPSA) is 138 Å². The molecular weight excluding hydrogens is 502 g/mol. The van der Waals surface area contributed by atoms with Crippen LogP contribution in [0.5, 0.6) is 11.5 Å². The van der Waals surface area contributed by atoms with E-state index in [0.717, 1.165) is 5.57 Å². The zero-order valence-corrected chi connectivity index (χ0v) is 21.9. The van der Waals surface area contributed by atoms with Gasteiger partial charge in [-0.05, 0) is 50.7 Å². The maximum absolute atomic E-state index is 13.7. The number of aliphatic carboxylic acids is 1. The lowest BCUT2D eigenvalue weighted by atomic mass is 9.59. The molecule has 1 saturated heterocycles. The summed E-state index contributed by atoms with van der Waals surface area (Å²) in [6.45, 7) is 1.82. The zero-order valence-electron chi connectivity index (χ0n) is 21.9. The summed E-state index contributed by atoms with van der Waals surface area (Å²) in [5.74, 6) is -4.01. The van der Waals surface area contributed by atoms with E-state index in [9.17, 15) is 29.1 Å². The maximum atomic E-state index is 13.7. The van der Waals surface area contributed by atoms with Crippen molar-refractivity contribution >= 4 is 29.4 Å². The predicted octanol–water partition coefficient (Wildman–Crippen LogP) is 3.48. The Morgan fingerprint density at radius 2 is 1.85 bits per heavy atom. The summed E-state index contributed by atoms with van der Waals surface area (Å²) in [5.41, 5.74) is 2.21. The average molecular weight is 534 g/mol. The van der Waals surface area contributed by atoms with Crippen LogP contribution in [0, 0.1) is 17.8 Å². The molecule has 2 N–H and O–H groups in total. The largest absolute Gasteiger partial charge is 0.507 e. The van der Waals surface area contributed by atoms with E-state index in [0.29, 0.717) is 53.7 Å². The third-order valence-electron chi connectivity index (χ3n) is 8.48. The smallest absolute Gasteiger partial charge is 0.303 e. The van der Waals surface area contributed by atoms with Gasteiger partial charge in [-0.15, -0.1) is 0 Å². The van der Waals surface area contributed by atoms with Gasteiger partial charge in [-0.2, -0.15) is 0 Å². The summed E-state index contributed by atoms with van der Waals surface area (Å²) in [4.78, 5) is 65.6. The lowest BCUT2D eigenvalue weighted by Gasteiger charge is -2.42. The summed E-state index contributed by atoms with van der Waals surface area (Å²) < 4.78 is 5.23. The molecule has 0 bridgehead atoms. The fraction of sp³-hybridized carbons (Fsp3) is 0.433. The third kappa shape index (κ3) is 4.49. The van der Waals surface area contributed by atoms with Crippen LogP contribution in [0.3, 0.4) is 0 Å². The number of benzene rings is 1.